The lowest BCUT2D eigenvalue weighted by molar-refractivity contribution is 0.316. The molecule has 6 heteroatoms. The van der Waals surface area contributed by atoms with Crippen molar-refractivity contribution in [3.63, 3.8) is 0 Å². The predicted octanol–water partition coefficient (Wildman–Crippen LogP) is 3.76. The highest BCUT2D eigenvalue weighted by Crippen LogP contribution is 2.27. The third kappa shape index (κ3) is 3.85. The van der Waals surface area contributed by atoms with Gasteiger partial charge in [-0.3, -0.25) is 0 Å². The van der Waals surface area contributed by atoms with E-state index in [0.29, 0.717) is 6.54 Å². The molecule has 0 aliphatic carbocycles. The molecule has 0 saturated heterocycles. The standard InChI is InChI=1S/C13H19Cl2NO2S/c1-3-11(4-2)16(10-9-14)19(17,18)13-8-6-5-7-12(13)15/h5-8,11H,3-4,9-10H2,1-2H3. The number of nitrogens with zero attached hydrogens (tertiary/aromatic N) is 1. The SMILES string of the molecule is CCC(CC)N(CCCl)S(=O)(=O)c1ccccc1Cl. The van der Waals surface area contributed by atoms with Gasteiger partial charge >= 0.3 is 0 Å². The smallest absolute Gasteiger partial charge is 0.207 e. The lowest BCUT2D eigenvalue weighted by Gasteiger charge is -2.29. The van der Waals surface area contributed by atoms with Gasteiger partial charge in [0.1, 0.15) is 4.90 Å². The molecule has 0 unspecified atom stereocenters. The van der Waals surface area contributed by atoms with Gasteiger partial charge in [-0.2, -0.15) is 4.31 Å². The molecule has 1 aromatic rings. The van der Waals surface area contributed by atoms with Crippen molar-refractivity contribution in [3.05, 3.63) is 29.3 Å². The van der Waals surface area contributed by atoms with Crippen LogP contribution < -0.4 is 0 Å². The Morgan fingerprint density at radius 2 is 1.79 bits per heavy atom. The van der Waals surface area contributed by atoms with Gasteiger partial charge in [0.15, 0.2) is 0 Å². The number of hydrogen-bond acceptors (Lipinski definition) is 2. The molecular formula is C13H19Cl2NO2S. The van der Waals surface area contributed by atoms with Gasteiger partial charge in [0, 0.05) is 18.5 Å². The Balaban J connectivity index is 3.24. The van der Waals surface area contributed by atoms with Crippen molar-refractivity contribution in [1.29, 1.82) is 0 Å². The van der Waals surface area contributed by atoms with E-state index in [9.17, 15) is 8.42 Å². The molecular weight excluding hydrogens is 305 g/mol. The molecule has 0 aliphatic heterocycles. The summed E-state index contributed by atoms with van der Waals surface area (Å²) >= 11 is 11.8. The van der Waals surface area contributed by atoms with E-state index in [-0.39, 0.29) is 21.8 Å². The minimum Gasteiger partial charge on any atom is -0.207 e. The summed E-state index contributed by atoms with van der Waals surface area (Å²) < 4.78 is 26.8. The summed E-state index contributed by atoms with van der Waals surface area (Å²) in [6.07, 6.45) is 1.49. The molecule has 0 saturated carbocycles. The van der Waals surface area contributed by atoms with Gasteiger partial charge in [0.05, 0.1) is 5.02 Å². The first kappa shape index (κ1) is 16.8. The number of hydrogen-bond donors (Lipinski definition) is 0. The van der Waals surface area contributed by atoms with Crippen LogP contribution in [-0.4, -0.2) is 31.2 Å². The zero-order valence-corrected chi connectivity index (χ0v) is 13.5. The van der Waals surface area contributed by atoms with E-state index in [4.69, 9.17) is 23.2 Å². The van der Waals surface area contributed by atoms with Crippen LogP contribution in [0.4, 0.5) is 0 Å². The zero-order valence-electron chi connectivity index (χ0n) is 11.1. The second-order valence-corrected chi connectivity index (χ2v) is 6.85. The molecule has 1 rings (SSSR count). The molecule has 19 heavy (non-hydrogen) atoms. The summed E-state index contributed by atoms with van der Waals surface area (Å²) in [5, 5.41) is 0.244. The van der Waals surface area contributed by atoms with E-state index in [1.54, 1.807) is 18.2 Å². The van der Waals surface area contributed by atoms with Crippen molar-refractivity contribution in [1.82, 2.24) is 4.31 Å². The van der Waals surface area contributed by atoms with Crippen molar-refractivity contribution >= 4 is 33.2 Å². The summed E-state index contributed by atoms with van der Waals surface area (Å²) in [6.45, 7) is 4.23. The molecule has 0 N–H and O–H groups in total. The van der Waals surface area contributed by atoms with Crippen molar-refractivity contribution in [2.75, 3.05) is 12.4 Å². The molecule has 0 aliphatic rings. The second kappa shape index (κ2) is 7.48. The van der Waals surface area contributed by atoms with E-state index in [2.05, 4.69) is 0 Å². The van der Waals surface area contributed by atoms with E-state index >= 15 is 0 Å². The summed E-state index contributed by atoms with van der Waals surface area (Å²) in [5.74, 6) is 0.264. The largest absolute Gasteiger partial charge is 0.244 e. The number of halogens is 2. The third-order valence-corrected chi connectivity index (χ3v) is 5.70. The quantitative estimate of drug-likeness (QED) is 0.716. The number of rotatable bonds is 7. The van der Waals surface area contributed by atoms with Crippen LogP contribution in [0, 0.1) is 0 Å². The van der Waals surface area contributed by atoms with Gasteiger partial charge in [-0.1, -0.05) is 37.6 Å². The van der Waals surface area contributed by atoms with E-state index in [0.717, 1.165) is 12.8 Å². The molecule has 108 valence electrons. The minimum absolute atomic E-state index is 0.0555. The lowest BCUT2D eigenvalue weighted by Crippen LogP contribution is -2.41. The zero-order chi connectivity index (χ0) is 14.5. The van der Waals surface area contributed by atoms with Gasteiger partial charge in [-0.15, -0.1) is 11.6 Å². The summed E-state index contributed by atoms with van der Waals surface area (Å²) in [5.41, 5.74) is 0. The molecule has 0 heterocycles. The first-order valence-corrected chi connectivity index (χ1v) is 8.66. The molecule has 0 bridgehead atoms. The fraction of sp³-hybridized carbons (Fsp3) is 0.538. The first-order chi connectivity index (χ1) is 8.98. The maximum Gasteiger partial charge on any atom is 0.244 e. The first-order valence-electron chi connectivity index (χ1n) is 6.31. The van der Waals surface area contributed by atoms with Crippen LogP contribution >= 0.6 is 23.2 Å². The van der Waals surface area contributed by atoms with Crippen LogP contribution in [0.1, 0.15) is 26.7 Å². The average Bonchev–Trinajstić information content (AvgIpc) is 2.39. The molecule has 0 spiro atoms. The monoisotopic (exact) mass is 323 g/mol. The third-order valence-electron chi connectivity index (χ3n) is 3.08. The van der Waals surface area contributed by atoms with E-state index < -0.39 is 10.0 Å². The van der Waals surface area contributed by atoms with Crippen LogP contribution in [0.25, 0.3) is 0 Å². The van der Waals surface area contributed by atoms with Crippen molar-refractivity contribution in [3.8, 4) is 0 Å². The Morgan fingerprint density at radius 3 is 2.26 bits per heavy atom. The Hall–Kier alpha value is -0.290. The van der Waals surface area contributed by atoms with Gasteiger partial charge in [-0.05, 0) is 25.0 Å². The normalized spacial score (nSPS) is 12.3. The summed E-state index contributed by atoms with van der Waals surface area (Å²) in [4.78, 5) is 0.147. The Morgan fingerprint density at radius 1 is 1.21 bits per heavy atom. The highest BCUT2D eigenvalue weighted by molar-refractivity contribution is 7.89. The number of alkyl halides is 1. The van der Waals surface area contributed by atoms with Crippen LogP contribution in [0.5, 0.6) is 0 Å². The lowest BCUT2D eigenvalue weighted by atomic mass is 10.2. The van der Waals surface area contributed by atoms with Gasteiger partial charge < -0.3 is 0 Å². The molecule has 0 radical (unpaired) electrons. The van der Waals surface area contributed by atoms with Crippen LogP contribution in [0.2, 0.25) is 5.02 Å². The molecule has 3 nitrogen and oxygen atoms in total. The Bertz CT molecular complexity index is 501. The van der Waals surface area contributed by atoms with E-state index in [1.165, 1.54) is 10.4 Å². The van der Waals surface area contributed by atoms with Crippen molar-refractivity contribution < 1.29 is 8.42 Å². The number of sulfonamides is 1. The topological polar surface area (TPSA) is 37.4 Å². The minimum atomic E-state index is -3.60. The highest BCUT2D eigenvalue weighted by Gasteiger charge is 2.30. The van der Waals surface area contributed by atoms with Gasteiger partial charge in [-0.25, -0.2) is 8.42 Å². The number of benzene rings is 1. The Kier molecular flexibility index (Phi) is 6.60. The van der Waals surface area contributed by atoms with Crippen LogP contribution in [-0.2, 0) is 10.0 Å². The average molecular weight is 324 g/mol. The van der Waals surface area contributed by atoms with Crippen LogP contribution in [0.15, 0.2) is 29.2 Å². The molecule has 0 amide bonds. The maximum absolute atomic E-state index is 12.7. The van der Waals surface area contributed by atoms with Gasteiger partial charge in [0.25, 0.3) is 0 Å². The second-order valence-electron chi connectivity index (χ2n) is 4.21. The van der Waals surface area contributed by atoms with E-state index in [1.807, 2.05) is 13.8 Å². The molecule has 0 fully saturated rings. The maximum atomic E-state index is 12.7. The summed E-state index contributed by atoms with van der Waals surface area (Å²) in [6, 6.07) is 6.44. The molecule has 0 aromatic heterocycles. The van der Waals surface area contributed by atoms with Gasteiger partial charge in [0.2, 0.25) is 10.0 Å². The Labute approximate surface area is 125 Å². The van der Waals surface area contributed by atoms with Crippen molar-refractivity contribution in [2.24, 2.45) is 0 Å². The fourth-order valence-corrected chi connectivity index (χ4v) is 4.61. The summed E-state index contributed by atoms with van der Waals surface area (Å²) in [7, 11) is -3.60. The van der Waals surface area contributed by atoms with Crippen LogP contribution in [0.3, 0.4) is 0 Å². The highest BCUT2D eigenvalue weighted by atomic mass is 35.5. The fourth-order valence-electron chi connectivity index (χ4n) is 2.06. The van der Waals surface area contributed by atoms with Crippen molar-refractivity contribution in [2.45, 2.75) is 37.6 Å². The molecule has 0 atom stereocenters. The predicted molar refractivity (Wildman–Crippen MR) is 80.4 cm³/mol. The molecule has 1 aromatic carbocycles.